The van der Waals surface area contributed by atoms with Crippen LogP contribution in [0.3, 0.4) is 0 Å². The number of nitrogens with zero attached hydrogens (tertiary/aromatic N) is 3. The van der Waals surface area contributed by atoms with Gasteiger partial charge < -0.3 is 9.80 Å². The van der Waals surface area contributed by atoms with Crippen LogP contribution in [0.2, 0.25) is 0 Å². The molecule has 134 valence electrons. The Hall–Kier alpha value is -1.71. The van der Waals surface area contributed by atoms with E-state index in [1.54, 1.807) is 0 Å². The van der Waals surface area contributed by atoms with Gasteiger partial charge in [0.2, 0.25) is 5.91 Å². The number of rotatable bonds is 12. The third-order valence-corrected chi connectivity index (χ3v) is 4.12. The molecular formula is C19H33N4O+. The van der Waals surface area contributed by atoms with Gasteiger partial charge in [-0.25, -0.2) is 9.98 Å². The second-order valence-corrected chi connectivity index (χ2v) is 6.85. The summed E-state index contributed by atoms with van der Waals surface area (Å²) < 4.78 is 0.953. The first-order chi connectivity index (χ1) is 11.5. The zero-order valence-corrected chi connectivity index (χ0v) is 15.6. The van der Waals surface area contributed by atoms with Crippen molar-refractivity contribution < 1.29 is 9.28 Å². The van der Waals surface area contributed by atoms with Crippen LogP contribution in [0.25, 0.3) is 0 Å². The molecule has 1 amide bonds. The van der Waals surface area contributed by atoms with E-state index in [1.807, 2.05) is 6.92 Å². The normalized spacial score (nSPS) is 13.4. The van der Waals surface area contributed by atoms with Crippen molar-refractivity contribution >= 4 is 11.9 Å². The molecule has 0 saturated carbocycles. The summed E-state index contributed by atoms with van der Waals surface area (Å²) in [5.74, 6) is 0.164. The van der Waals surface area contributed by atoms with Crippen LogP contribution < -0.4 is 5.32 Å². The van der Waals surface area contributed by atoms with Gasteiger partial charge in [-0.2, -0.15) is 0 Å². The number of hydrogen-bond donors (Lipinski definition) is 1. The zero-order chi connectivity index (χ0) is 17.7. The first-order valence-electron chi connectivity index (χ1n) is 9.05. The Labute approximate surface area is 146 Å². The highest BCUT2D eigenvalue weighted by Crippen LogP contribution is 2.15. The van der Waals surface area contributed by atoms with E-state index in [2.05, 4.69) is 53.6 Å². The van der Waals surface area contributed by atoms with Crippen LogP contribution in [0.1, 0.15) is 39.0 Å². The second-order valence-electron chi connectivity index (χ2n) is 6.85. The zero-order valence-electron chi connectivity index (χ0n) is 15.6. The minimum atomic E-state index is 0.164. The van der Waals surface area contributed by atoms with Gasteiger partial charge in [-0.3, -0.25) is 4.79 Å². The molecule has 0 atom stereocenters. The van der Waals surface area contributed by atoms with Gasteiger partial charge in [-0.05, 0) is 19.8 Å². The van der Waals surface area contributed by atoms with Crippen LogP contribution in [-0.4, -0.2) is 63.2 Å². The van der Waals surface area contributed by atoms with E-state index in [4.69, 9.17) is 0 Å². The molecule has 5 heteroatoms. The molecule has 1 aliphatic rings. The Morgan fingerprint density at radius 3 is 2.79 bits per heavy atom. The van der Waals surface area contributed by atoms with Crippen LogP contribution in [0, 0.1) is 0 Å². The molecule has 24 heavy (non-hydrogen) atoms. The number of hydrogen-bond acceptors (Lipinski definition) is 3. The molecule has 1 N–H and O–H groups in total. The first-order valence-corrected chi connectivity index (χ1v) is 9.05. The van der Waals surface area contributed by atoms with Gasteiger partial charge in [0.1, 0.15) is 0 Å². The highest BCUT2D eigenvalue weighted by Gasteiger charge is 2.14. The van der Waals surface area contributed by atoms with Crippen LogP contribution >= 0.6 is 0 Å². The minimum absolute atomic E-state index is 0.164. The van der Waals surface area contributed by atoms with Crippen molar-refractivity contribution in [3.05, 3.63) is 23.8 Å². The smallest absolute Gasteiger partial charge is 0.220 e. The molecule has 0 aromatic rings. The monoisotopic (exact) mass is 333 g/mol. The van der Waals surface area contributed by atoms with E-state index in [1.165, 1.54) is 5.57 Å². The van der Waals surface area contributed by atoms with Crippen molar-refractivity contribution in [3.63, 3.8) is 0 Å². The molecule has 0 aromatic carbocycles. The van der Waals surface area contributed by atoms with Crippen molar-refractivity contribution in [2.24, 2.45) is 9.98 Å². The summed E-state index contributed by atoms with van der Waals surface area (Å²) in [6.45, 7) is 6.40. The van der Waals surface area contributed by atoms with Crippen LogP contribution in [-0.2, 0) is 4.79 Å². The van der Waals surface area contributed by atoms with Gasteiger partial charge >= 0.3 is 0 Å². The van der Waals surface area contributed by atoms with Crippen molar-refractivity contribution in [2.45, 2.75) is 39.0 Å². The number of nitrogens with one attached hydrogen (secondary N) is 1. The average Bonchev–Trinajstić information content (AvgIpc) is 3.06. The Kier molecular flexibility index (Phi) is 9.97. The fraction of sp³-hybridized carbons (Fsp3) is 0.684. The predicted molar refractivity (Wildman–Crippen MR) is 100 cm³/mol. The van der Waals surface area contributed by atoms with E-state index >= 15 is 0 Å². The predicted octanol–water partition coefficient (Wildman–Crippen LogP) is 2.82. The molecule has 1 aliphatic carbocycles. The molecule has 0 fully saturated rings. The van der Waals surface area contributed by atoms with Gasteiger partial charge in [0.25, 0.3) is 0 Å². The average molecular weight is 334 g/mol. The summed E-state index contributed by atoms with van der Waals surface area (Å²) in [4.78, 5) is 19.9. The fourth-order valence-corrected chi connectivity index (χ4v) is 2.63. The highest BCUT2D eigenvalue weighted by atomic mass is 16.1. The summed E-state index contributed by atoms with van der Waals surface area (Å²) in [6, 6.07) is 2.71. The maximum Gasteiger partial charge on any atom is 0.220 e. The van der Waals surface area contributed by atoms with Crippen LogP contribution in [0.4, 0.5) is 0 Å². The lowest BCUT2D eigenvalue weighted by atomic mass is 10.1. The maximum atomic E-state index is 11.8. The topological polar surface area (TPSA) is 53.8 Å². The van der Waals surface area contributed by atoms with E-state index in [9.17, 15) is 4.79 Å². The van der Waals surface area contributed by atoms with Gasteiger partial charge in [0.15, 0.2) is 0 Å². The molecule has 0 bridgehead atoms. The summed E-state index contributed by atoms with van der Waals surface area (Å²) >= 11 is 0. The molecule has 0 unspecified atom stereocenters. The SMILES string of the molecule is CCN=C=NCCC[N+](C)(C)CCCNC(=O)CCC1=CC=CC1. The molecule has 0 aromatic heterocycles. The summed E-state index contributed by atoms with van der Waals surface area (Å²) in [7, 11) is 4.45. The standard InChI is InChI=1S/C19H32N4O/c1-4-20-17-21-13-7-15-23(2,3)16-8-14-22-19(24)12-11-18-9-5-6-10-18/h5-6,9H,4,7-8,10-16H2,1-3H3/p+1. The molecule has 0 spiro atoms. The van der Waals surface area contributed by atoms with Crippen LogP contribution in [0.15, 0.2) is 33.8 Å². The number of carbonyl (C=O) groups excluding carboxylic acids is 1. The van der Waals surface area contributed by atoms with Crippen molar-refractivity contribution in [1.29, 1.82) is 0 Å². The molecule has 0 heterocycles. The fourth-order valence-electron chi connectivity index (χ4n) is 2.63. The number of amides is 1. The molecule has 0 saturated heterocycles. The third kappa shape index (κ3) is 10.1. The molecule has 5 nitrogen and oxygen atoms in total. The molecule has 0 radical (unpaired) electrons. The van der Waals surface area contributed by atoms with Crippen molar-refractivity contribution in [2.75, 3.05) is 46.8 Å². The summed E-state index contributed by atoms with van der Waals surface area (Å²) in [5, 5.41) is 3.03. The number of quaternary nitrogens is 1. The van der Waals surface area contributed by atoms with E-state index in [0.717, 1.165) is 62.9 Å². The van der Waals surface area contributed by atoms with E-state index in [0.29, 0.717) is 6.42 Å². The van der Waals surface area contributed by atoms with Gasteiger partial charge in [-0.1, -0.05) is 23.8 Å². The number of aliphatic imine (C=N–C) groups is 2. The quantitative estimate of drug-likeness (QED) is 0.333. The molecule has 0 aliphatic heterocycles. The number of allylic oxidation sites excluding steroid dienone is 4. The Balaban J connectivity index is 2.05. The highest BCUT2D eigenvalue weighted by molar-refractivity contribution is 5.76. The van der Waals surface area contributed by atoms with E-state index < -0.39 is 0 Å². The second kappa shape index (κ2) is 11.8. The summed E-state index contributed by atoms with van der Waals surface area (Å²) in [6.07, 6.45) is 10.8. The van der Waals surface area contributed by atoms with E-state index in [-0.39, 0.29) is 5.91 Å². The van der Waals surface area contributed by atoms with Gasteiger partial charge in [0.05, 0.1) is 39.7 Å². The van der Waals surface area contributed by atoms with Gasteiger partial charge in [-0.15, -0.1) is 0 Å². The van der Waals surface area contributed by atoms with Crippen molar-refractivity contribution in [3.8, 4) is 0 Å². The lowest BCUT2D eigenvalue weighted by Crippen LogP contribution is -2.42. The molecule has 1 rings (SSSR count). The molecular weight excluding hydrogens is 300 g/mol. The first kappa shape index (κ1) is 20.3. The Bertz CT molecular complexity index is 499. The largest absolute Gasteiger partial charge is 0.356 e. The van der Waals surface area contributed by atoms with Gasteiger partial charge in [0, 0.05) is 32.4 Å². The van der Waals surface area contributed by atoms with Crippen molar-refractivity contribution in [1.82, 2.24) is 5.32 Å². The lowest BCUT2D eigenvalue weighted by molar-refractivity contribution is -0.890. The Morgan fingerprint density at radius 1 is 1.29 bits per heavy atom. The third-order valence-electron chi connectivity index (χ3n) is 4.12. The lowest BCUT2D eigenvalue weighted by Gasteiger charge is -2.29. The minimum Gasteiger partial charge on any atom is -0.356 e. The number of carbonyl (C=O) groups is 1. The Morgan fingerprint density at radius 2 is 2.08 bits per heavy atom. The summed E-state index contributed by atoms with van der Waals surface area (Å²) in [5.41, 5.74) is 1.36. The van der Waals surface area contributed by atoms with Crippen LogP contribution in [0.5, 0.6) is 0 Å². The maximum absolute atomic E-state index is 11.8.